The van der Waals surface area contributed by atoms with E-state index in [0.717, 1.165) is 38.3 Å². The molecule has 1 aromatic rings. The maximum absolute atomic E-state index is 5.75. The number of nitrogens with zero attached hydrogens (tertiary/aromatic N) is 1. The van der Waals surface area contributed by atoms with Gasteiger partial charge in [-0.2, -0.15) is 0 Å². The highest BCUT2D eigenvalue weighted by atomic mass is 16.5. The number of unbranched alkanes of at least 4 members (excludes halogenated alkanes) is 1. The molecule has 0 spiro atoms. The normalized spacial score (nSPS) is 11.5. The van der Waals surface area contributed by atoms with Crippen LogP contribution in [-0.4, -0.2) is 25.7 Å². The lowest BCUT2D eigenvalue weighted by molar-refractivity contribution is 0.144. The van der Waals surface area contributed by atoms with E-state index in [4.69, 9.17) is 10.5 Å². The molecule has 0 aromatic heterocycles. The molecular weight excluding hydrogens is 214 g/mol. The quantitative estimate of drug-likeness (QED) is 0.433. The number of para-hydroxylation sites is 1. The number of nitrogens with two attached hydrogens (primary N) is 1. The van der Waals surface area contributed by atoms with Crippen molar-refractivity contribution in [3.63, 3.8) is 0 Å². The number of hydrogen-bond donors (Lipinski definition) is 2. The Kier molecular flexibility index (Phi) is 6.82. The van der Waals surface area contributed by atoms with E-state index in [-0.39, 0.29) is 0 Å². The van der Waals surface area contributed by atoms with Crippen LogP contribution < -0.4 is 11.1 Å². The lowest BCUT2D eigenvalue weighted by Gasteiger charge is -2.05. The number of anilines is 1. The molecule has 0 saturated heterocycles. The van der Waals surface area contributed by atoms with Crippen molar-refractivity contribution in [2.75, 3.05) is 25.1 Å². The molecule has 0 aliphatic rings. The van der Waals surface area contributed by atoms with Gasteiger partial charge in [0.1, 0.15) is 0 Å². The number of hydrogen-bond acceptors (Lipinski definition) is 2. The van der Waals surface area contributed by atoms with Gasteiger partial charge in [0, 0.05) is 25.4 Å². The van der Waals surface area contributed by atoms with Crippen LogP contribution in [0, 0.1) is 0 Å². The van der Waals surface area contributed by atoms with Crippen LogP contribution >= 0.6 is 0 Å². The number of rotatable bonds is 7. The van der Waals surface area contributed by atoms with Gasteiger partial charge in [-0.3, -0.25) is 4.99 Å². The Bertz CT molecular complexity index is 325. The predicted molar refractivity (Wildman–Crippen MR) is 72.3 cm³/mol. The van der Waals surface area contributed by atoms with Gasteiger partial charge < -0.3 is 15.8 Å². The van der Waals surface area contributed by atoms with Gasteiger partial charge in [-0.1, -0.05) is 18.2 Å². The highest BCUT2D eigenvalue weighted by Gasteiger charge is 1.93. The Morgan fingerprint density at radius 3 is 2.76 bits per heavy atom. The highest BCUT2D eigenvalue weighted by molar-refractivity contribution is 5.92. The van der Waals surface area contributed by atoms with Crippen LogP contribution in [-0.2, 0) is 4.74 Å². The number of guanidine groups is 1. The predicted octanol–water partition coefficient (Wildman–Crippen LogP) is 2.23. The molecule has 4 nitrogen and oxygen atoms in total. The maximum Gasteiger partial charge on any atom is 0.193 e. The molecule has 0 saturated carbocycles. The summed E-state index contributed by atoms with van der Waals surface area (Å²) in [4.78, 5) is 4.24. The lowest BCUT2D eigenvalue weighted by Crippen LogP contribution is -2.22. The van der Waals surface area contributed by atoms with Gasteiger partial charge in [0.15, 0.2) is 5.96 Å². The fourth-order valence-corrected chi connectivity index (χ4v) is 1.37. The second kappa shape index (κ2) is 8.58. The van der Waals surface area contributed by atoms with E-state index in [1.165, 1.54) is 0 Å². The van der Waals surface area contributed by atoms with Crippen molar-refractivity contribution in [3.8, 4) is 0 Å². The molecule has 0 fully saturated rings. The summed E-state index contributed by atoms with van der Waals surface area (Å²) in [6, 6.07) is 9.79. The first kappa shape index (κ1) is 13.5. The third kappa shape index (κ3) is 6.58. The Morgan fingerprint density at radius 2 is 2.06 bits per heavy atom. The van der Waals surface area contributed by atoms with Crippen LogP contribution in [0.5, 0.6) is 0 Å². The molecule has 0 atom stereocenters. The van der Waals surface area contributed by atoms with Crippen molar-refractivity contribution in [3.05, 3.63) is 30.3 Å². The van der Waals surface area contributed by atoms with Gasteiger partial charge in [-0.05, 0) is 31.9 Å². The van der Waals surface area contributed by atoms with E-state index in [1.807, 2.05) is 37.3 Å². The van der Waals surface area contributed by atoms with E-state index in [0.29, 0.717) is 5.96 Å². The third-order valence-corrected chi connectivity index (χ3v) is 2.23. The monoisotopic (exact) mass is 235 g/mol. The van der Waals surface area contributed by atoms with Crippen molar-refractivity contribution < 1.29 is 4.74 Å². The third-order valence-electron chi connectivity index (χ3n) is 2.23. The molecule has 0 radical (unpaired) electrons. The van der Waals surface area contributed by atoms with Crippen molar-refractivity contribution in [2.45, 2.75) is 19.8 Å². The fraction of sp³-hybridized carbons (Fsp3) is 0.462. The standard InChI is InChI=1S/C13H21N3O/c1-2-17-11-7-6-10-15-13(14)16-12-8-4-3-5-9-12/h3-5,8-9H,2,6-7,10-11H2,1H3,(H3,14,15,16). The molecule has 1 rings (SSSR count). The van der Waals surface area contributed by atoms with Gasteiger partial charge in [0.2, 0.25) is 0 Å². The van der Waals surface area contributed by atoms with Crippen LogP contribution in [0.15, 0.2) is 35.3 Å². The molecule has 0 amide bonds. The van der Waals surface area contributed by atoms with E-state index < -0.39 is 0 Å². The summed E-state index contributed by atoms with van der Waals surface area (Å²) < 4.78 is 5.24. The van der Waals surface area contributed by atoms with Crippen molar-refractivity contribution >= 4 is 11.6 Å². The minimum Gasteiger partial charge on any atom is -0.382 e. The molecule has 0 heterocycles. The first-order valence-electron chi connectivity index (χ1n) is 6.02. The highest BCUT2D eigenvalue weighted by Crippen LogP contribution is 2.03. The summed E-state index contributed by atoms with van der Waals surface area (Å²) in [5.74, 6) is 0.465. The number of nitrogens with one attached hydrogen (secondary N) is 1. The lowest BCUT2D eigenvalue weighted by atomic mass is 10.3. The zero-order valence-corrected chi connectivity index (χ0v) is 10.4. The fourth-order valence-electron chi connectivity index (χ4n) is 1.37. The molecule has 0 unspecified atom stereocenters. The summed E-state index contributed by atoms with van der Waals surface area (Å²) in [6.07, 6.45) is 2.02. The van der Waals surface area contributed by atoms with Gasteiger partial charge in [0.25, 0.3) is 0 Å². The SMILES string of the molecule is CCOCCCCN=C(N)Nc1ccccc1. The zero-order valence-electron chi connectivity index (χ0n) is 10.4. The van der Waals surface area contributed by atoms with Crippen LogP contribution in [0.25, 0.3) is 0 Å². The Labute approximate surface area is 103 Å². The van der Waals surface area contributed by atoms with Gasteiger partial charge >= 0.3 is 0 Å². The van der Waals surface area contributed by atoms with Crippen molar-refractivity contribution in [2.24, 2.45) is 10.7 Å². The molecule has 4 heteroatoms. The summed E-state index contributed by atoms with van der Waals surface area (Å²) in [5, 5.41) is 3.04. The Morgan fingerprint density at radius 1 is 1.29 bits per heavy atom. The van der Waals surface area contributed by atoms with Crippen LogP contribution in [0.2, 0.25) is 0 Å². The molecule has 1 aromatic carbocycles. The maximum atomic E-state index is 5.75. The largest absolute Gasteiger partial charge is 0.382 e. The Balaban J connectivity index is 2.17. The van der Waals surface area contributed by atoms with Gasteiger partial charge in [-0.15, -0.1) is 0 Å². The summed E-state index contributed by atoms with van der Waals surface area (Å²) in [6.45, 7) is 4.32. The van der Waals surface area contributed by atoms with Crippen LogP contribution in [0.3, 0.4) is 0 Å². The minimum absolute atomic E-state index is 0.465. The number of ether oxygens (including phenoxy) is 1. The molecular formula is C13H21N3O. The van der Waals surface area contributed by atoms with Gasteiger partial charge in [-0.25, -0.2) is 0 Å². The van der Waals surface area contributed by atoms with Gasteiger partial charge in [0.05, 0.1) is 0 Å². The number of aliphatic imine (C=N–C) groups is 1. The first-order chi connectivity index (χ1) is 8.33. The average molecular weight is 235 g/mol. The number of benzene rings is 1. The molecule has 17 heavy (non-hydrogen) atoms. The molecule has 0 bridgehead atoms. The van der Waals surface area contributed by atoms with E-state index in [1.54, 1.807) is 0 Å². The van der Waals surface area contributed by atoms with E-state index >= 15 is 0 Å². The summed E-state index contributed by atoms with van der Waals surface area (Å²) in [5.41, 5.74) is 6.72. The summed E-state index contributed by atoms with van der Waals surface area (Å²) >= 11 is 0. The summed E-state index contributed by atoms with van der Waals surface area (Å²) in [7, 11) is 0. The smallest absolute Gasteiger partial charge is 0.193 e. The van der Waals surface area contributed by atoms with Crippen molar-refractivity contribution in [1.29, 1.82) is 0 Å². The second-order valence-corrected chi connectivity index (χ2v) is 3.66. The van der Waals surface area contributed by atoms with E-state index in [2.05, 4.69) is 10.3 Å². The van der Waals surface area contributed by atoms with Crippen molar-refractivity contribution in [1.82, 2.24) is 0 Å². The minimum atomic E-state index is 0.465. The van der Waals surface area contributed by atoms with E-state index in [9.17, 15) is 0 Å². The molecule has 0 aliphatic heterocycles. The Hall–Kier alpha value is -1.55. The molecule has 94 valence electrons. The first-order valence-corrected chi connectivity index (χ1v) is 6.02. The second-order valence-electron chi connectivity index (χ2n) is 3.66. The molecule has 3 N–H and O–H groups in total. The topological polar surface area (TPSA) is 59.6 Å². The average Bonchev–Trinajstić information content (AvgIpc) is 2.35. The van der Waals surface area contributed by atoms with Crippen LogP contribution in [0.1, 0.15) is 19.8 Å². The van der Waals surface area contributed by atoms with Crippen LogP contribution in [0.4, 0.5) is 5.69 Å². The molecule has 0 aliphatic carbocycles. The zero-order chi connectivity index (χ0) is 12.3.